The summed E-state index contributed by atoms with van der Waals surface area (Å²) >= 11 is 5.69. The number of hydrogen-bond donors (Lipinski definition) is 1. The maximum Gasteiger partial charge on any atom is 0.188 e. The van der Waals surface area contributed by atoms with E-state index in [-0.39, 0.29) is 5.92 Å². The maximum absolute atomic E-state index is 11.8. The lowest BCUT2D eigenvalue weighted by molar-refractivity contribution is 0.680. The minimum Gasteiger partial charge on any atom is -0.249 e. The predicted octanol–water partition coefficient (Wildman–Crippen LogP) is 1.62. The summed E-state index contributed by atoms with van der Waals surface area (Å²) in [6.45, 7) is 1.94. The van der Waals surface area contributed by atoms with E-state index in [4.69, 9.17) is 16.9 Å². The Morgan fingerprint density at radius 3 is 2.94 bits per heavy atom. The number of nitrogens with zero attached hydrogens (tertiary/aromatic N) is 2. The molecule has 0 saturated heterocycles. The van der Waals surface area contributed by atoms with Crippen LogP contribution in [0.3, 0.4) is 0 Å². The van der Waals surface area contributed by atoms with Crippen LogP contribution in [0, 0.1) is 17.4 Å². The third kappa shape index (κ3) is 5.07. The largest absolute Gasteiger partial charge is 0.249 e. The molecule has 0 radical (unpaired) electrons. The smallest absolute Gasteiger partial charge is 0.188 e. The summed E-state index contributed by atoms with van der Waals surface area (Å²) in [5, 5.41) is 10.6. The average Bonchev–Trinajstić information content (AvgIpc) is 2.20. The molecule has 4 nitrogen and oxygen atoms in total. The summed E-state index contributed by atoms with van der Waals surface area (Å²) in [5.41, 5.74) is 1.02. The van der Waals surface area contributed by atoms with Gasteiger partial charge in [0.15, 0.2) is 6.19 Å². The van der Waals surface area contributed by atoms with E-state index in [1.54, 1.807) is 23.8 Å². The summed E-state index contributed by atoms with van der Waals surface area (Å²) in [5.74, 6) is 0.0799. The van der Waals surface area contributed by atoms with Gasteiger partial charge in [0.2, 0.25) is 0 Å². The minimum absolute atomic E-state index is 0.0799. The first-order chi connectivity index (χ1) is 7.93. The molecule has 1 heterocycles. The van der Waals surface area contributed by atoms with Gasteiger partial charge in [-0.1, -0.05) is 24.6 Å². The maximum atomic E-state index is 11.8. The minimum atomic E-state index is -2.39. The fraction of sp³-hybridized carbons (Fsp3) is 0.364. The molecule has 6 heteroatoms. The number of aromatic nitrogens is 1. The Morgan fingerprint density at radius 2 is 2.41 bits per heavy atom. The average molecular weight is 272 g/mol. The molecule has 1 rings (SSSR count). The van der Waals surface area contributed by atoms with E-state index in [9.17, 15) is 4.21 Å². The van der Waals surface area contributed by atoms with Crippen molar-refractivity contribution >= 4 is 26.7 Å². The van der Waals surface area contributed by atoms with Crippen LogP contribution in [0.4, 0.5) is 0 Å². The third-order valence-corrected chi connectivity index (χ3v) is 3.79. The van der Waals surface area contributed by atoms with E-state index < -0.39 is 9.71 Å². The van der Waals surface area contributed by atoms with Crippen molar-refractivity contribution < 1.29 is 4.21 Å². The molecular weight excluding hydrogens is 258 g/mol. The Balaban J connectivity index is 2.74. The highest BCUT2D eigenvalue weighted by Gasteiger charge is 2.05. The molecule has 0 amide bonds. The van der Waals surface area contributed by atoms with Crippen molar-refractivity contribution in [1.82, 2.24) is 9.71 Å². The van der Waals surface area contributed by atoms with E-state index in [1.165, 1.54) is 6.26 Å². The first-order valence-electron chi connectivity index (χ1n) is 5.03. The summed E-state index contributed by atoms with van der Waals surface area (Å²) in [7, 11) is -2.39. The van der Waals surface area contributed by atoms with Gasteiger partial charge in [-0.3, -0.25) is 0 Å². The van der Waals surface area contributed by atoms with Gasteiger partial charge < -0.3 is 0 Å². The van der Waals surface area contributed by atoms with Crippen LogP contribution in [0.15, 0.2) is 18.3 Å². The topological polar surface area (TPSA) is 65.8 Å². The lowest BCUT2D eigenvalue weighted by Crippen LogP contribution is -2.21. The van der Waals surface area contributed by atoms with Crippen LogP contribution in [0.5, 0.6) is 0 Å². The molecule has 0 aliphatic carbocycles. The summed E-state index contributed by atoms with van der Waals surface area (Å²) in [4.78, 5) is 3.98. The molecule has 0 bridgehead atoms. The summed E-state index contributed by atoms with van der Waals surface area (Å²) in [6, 6.07) is 3.61. The predicted molar refractivity (Wildman–Crippen MR) is 71.0 cm³/mol. The number of nitrogens with one attached hydrogen (secondary N) is 1. The van der Waals surface area contributed by atoms with E-state index in [0.717, 1.165) is 5.56 Å². The molecule has 0 aromatic carbocycles. The molecule has 17 heavy (non-hydrogen) atoms. The molecular formula is C11H14ClN3OS. The highest BCUT2D eigenvalue weighted by Crippen LogP contribution is 2.09. The van der Waals surface area contributed by atoms with Crippen molar-refractivity contribution in [2.75, 3.05) is 6.26 Å². The molecule has 0 aliphatic rings. The second kappa shape index (κ2) is 5.89. The number of hydrogen-bond acceptors (Lipinski definition) is 3. The van der Waals surface area contributed by atoms with Gasteiger partial charge in [0.25, 0.3) is 0 Å². The Labute approximate surface area is 107 Å². The highest BCUT2D eigenvalue weighted by atomic mass is 35.5. The lowest BCUT2D eigenvalue weighted by Gasteiger charge is -2.09. The second-order valence-electron chi connectivity index (χ2n) is 3.92. The number of pyridine rings is 1. The molecule has 0 fully saturated rings. The van der Waals surface area contributed by atoms with Gasteiger partial charge in [-0.05, 0) is 29.3 Å². The van der Waals surface area contributed by atoms with Gasteiger partial charge in [-0.25, -0.2) is 13.9 Å². The van der Waals surface area contributed by atoms with E-state index in [0.29, 0.717) is 11.6 Å². The quantitative estimate of drug-likeness (QED) is 0.392. The number of nitriles is 1. The Kier molecular flexibility index (Phi) is 4.79. The van der Waals surface area contributed by atoms with Crippen molar-refractivity contribution in [2.45, 2.75) is 13.3 Å². The first kappa shape index (κ1) is 13.8. The molecule has 1 aromatic heterocycles. The standard InChI is InChI=1S/C11H14ClN3OS/c1-9(7-17(2,16)15-8-13)5-10-3-4-11(12)14-6-10/h3-4,6-7,9H,5H2,1-2H3,(H,15,16). The van der Waals surface area contributed by atoms with Crippen LogP contribution in [-0.2, 0) is 16.1 Å². The van der Waals surface area contributed by atoms with Gasteiger partial charge in [0.05, 0.1) is 9.71 Å². The van der Waals surface area contributed by atoms with Crippen molar-refractivity contribution in [2.24, 2.45) is 5.92 Å². The molecule has 92 valence electrons. The molecule has 1 N–H and O–H groups in total. The third-order valence-electron chi connectivity index (χ3n) is 2.09. The van der Waals surface area contributed by atoms with Gasteiger partial charge in [-0.15, -0.1) is 0 Å². The molecule has 0 spiro atoms. The molecule has 0 saturated carbocycles. The van der Waals surface area contributed by atoms with Crippen LogP contribution in [0.2, 0.25) is 5.15 Å². The van der Waals surface area contributed by atoms with Gasteiger partial charge in [0, 0.05) is 12.5 Å². The van der Waals surface area contributed by atoms with Gasteiger partial charge >= 0.3 is 0 Å². The summed E-state index contributed by atoms with van der Waals surface area (Å²) < 4.78 is 14.1. The van der Waals surface area contributed by atoms with E-state index in [1.807, 2.05) is 13.0 Å². The number of rotatable bonds is 4. The molecule has 2 atom stereocenters. The highest BCUT2D eigenvalue weighted by molar-refractivity contribution is 7.99. The normalized spacial score (nSPS) is 15.4. The molecule has 0 aliphatic heterocycles. The SMILES string of the molecule is CC(C=S(C)(=O)NC#N)Cc1ccc(Cl)nc1. The van der Waals surface area contributed by atoms with Crippen LogP contribution >= 0.6 is 11.6 Å². The van der Waals surface area contributed by atoms with Gasteiger partial charge in [-0.2, -0.15) is 5.26 Å². The molecule has 1 aromatic rings. The van der Waals surface area contributed by atoms with Crippen LogP contribution in [0.25, 0.3) is 0 Å². The van der Waals surface area contributed by atoms with E-state index in [2.05, 4.69) is 9.71 Å². The number of halogens is 1. The Bertz CT molecular complexity index is 527. The zero-order chi connectivity index (χ0) is 12.9. The van der Waals surface area contributed by atoms with Crippen molar-refractivity contribution in [3.05, 3.63) is 29.0 Å². The lowest BCUT2D eigenvalue weighted by atomic mass is 10.1. The van der Waals surface area contributed by atoms with Crippen molar-refractivity contribution in [3.63, 3.8) is 0 Å². The van der Waals surface area contributed by atoms with Crippen molar-refractivity contribution in [3.8, 4) is 6.19 Å². The van der Waals surface area contributed by atoms with Crippen LogP contribution < -0.4 is 4.72 Å². The van der Waals surface area contributed by atoms with Crippen molar-refractivity contribution in [1.29, 1.82) is 5.26 Å². The fourth-order valence-electron chi connectivity index (χ4n) is 1.52. The zero-order valence-electron chi connectivity index (χ0n) is 9.68. The Morgan fingerprint density at radius 1 is 1.71 bits per heavy atom. The summed E-state index contributed by atoms with van der Waals surface area (Å²) in [6.07, 6.45) is 5.61. The van der Waals surface area contributed by atoms with Crippen LogP contribution in [0.1, 0.15) is 12.5 Å². The van der Waals surface area contributed by atoms with Crippen LogP contribution in [-0.4, -0.2) is 20.8 Å². The van der Waals surface area contributed by atoms with E-state index >= 15 is 0 Å². The zero-order valence-corrected chi connectivity index (χ0v) is 11.3. The second-order valence-corrected chi connectivity index (χ2v) is 6.60. The monoisotopic (exact) mass is 271 g/mol. The first-order valence-corrected chi connectivity index (χ1v) is 7.44. The fourth-order valence-corrected chi connectivity index (χ4v) is 2.86. The van der Waals surface area contributed by atoms with Gasteiger partial charge in [0.1, 0.15) is 5.15 Å². The Hall–Kier alpha value is -1.25. The molecule has 2 unspecified atom stereocenters.